The summed E-state index contributed by atoms with van der Waals surface area (Å²) in [6.07, 6.45) is 7.53. The van der Waals surface area contributed by atoms with Crippen molar-refractivity contribution in [2.24, 2.45) is 0 Å². The molecule has 8 nitrogen and oxygen atoms in total. The summed E-state index contributed by atoms with van der Waals surface area (Å²) in [6.45, 7) is 0. The van der Waals surface area contributed by atoms with E-state index in [4.69, 9.17) is 131 Å². The van der Waals surface area contributed by atoms with Gasteiger partial charge in [-0.05, 0) is 95.1 Å². The molecule has 3 aromatic heterocycles. The van der Waals surface area contributed by atoms with Crippen molar-refractivity contribution in [1.82, 2.24) is 19.9 Å². The van der Waals surface area contributed by atoms with Gasteiger partial charge in [0.05, 0.1) is 22.8 Å². The normalized spacial score (nSPS) is 11.9. The standard InChI is InChI=1S/C44H20Cl8N4.ClHO4.Mn/c45-21-5-1-6-22(46)37(21)41-29-13-15-31(53-29)42(38-23(47)7-2-8-24(38)48)33-17-19-35(55-33)44(40-27(51)11-4-12-28(40)52)36-20-18-34(56-36)43(32-16-14-30(41)54-32)39-25(49)9-3-10-26(39)50;2-1(3,4)5;/h1-20H;(H,2,3,4,5);/q-2;;+3/p-1. The molecule has 0 atom stereocenters. The third-order valence-electron chi connectivity index (χ3n) is 9.46. The van der Waals surface area contributed by atoms with E-state index in [2.05, 4.69) is 0 Å². The van der Waals surface area contributed by atoms with Crippen LogP contribution in [0.25, 0.3) is 90.9 Å². The molecule has 0 spiro atoms. The summed E-state index contributed by atoms with van der Waals surface area (Å²) in [7, 11) is -4.94. The van der Waals surface area contributed by atoms with Crippen molar-refractivity contribution in [3.05, 3.63) is 160 Å². The Balaban J connectivity index is 0.000000913. The van der Waals surface area contributed by atoms with Crippen LogP contribution in [0.2, 0.25) is 40.2 Å². The van der Waals surface area contributed by atoms with Gasteiger partial charge in [-0.2, -0.15) is 0 Å². The first-order valence-corrected chi connectivity index (χ1v) is 21.8. The molecule has 0 unspecified atom stereocenters. The van der Waals surface area contributed by atoms with Crippen LogP contribution >= 0.6 is 92.8 Å². The molecule has 8 bridgehead atoms. The van der Waals surface area contributed by atoms with E-state index in [0.717, 1.165) is 0 Å². The molecule has 310 valence electrons. The minimum atomic E-state index is -4.94. The van der Waals surface area contributed by atoms with Gasteiger partial charge in [0.15, 0.2) is 0 Å². The average molecular weight is 1040 g/mol. The van der Waals surface area contributed by atoms with Gasteiger partial charge in [0, 0.05) is 62.4 Å². The maximum absolute atomic E-state index is 8.49. The topological polar surface area (TPSA) is 146 Å². The second kappa shape index (κ2) is 18.9. The number of rotatable bonds is 4. The van der Waals surface area contributed by atoms with E-state index in [1.165, 1.54) is 0 Å². The first-order chi connectivity index (χ1) is 29.1. The Kier molecular flexibility index (Phi) is 14.1. The molecule has 62 heavy (non-hydrogen) atoms. The minimum absolute atomic E-state index is 0. The molecule has 18 heteroatoms. The van der Waals surface area contributed by atoms with Crippen LogP contribution in [-0.4, -0.2) is 9.97 Å². The molecule has 0 radical (unpaired) electrons. The Morgan fingerprint density at radius 2 is 0.500 bits per heavy atom. The van der Waals surface area contributed by atoms with Crippen molar-refractivity contribution < 1.29 is 45.9 Å². The van der Waals surface area contributed by atoms with Crippen LogP contribution in [0.4, 0.5) is 0 Å². The Morgan fingerprint density at radius 3 is 0.677 bits per heavy atom. The van der Waals surface area contributed by atoms with Crippen molar-refractivity contribution in [3.63, 3.8) is 0 Å². The van der Waals surface area contributed by atoms with Gasteiger partial charge in [0.1, 0.15) is 0 Å². The van der Waals surface area contributed by atoms with Gasteiger partial charge in [0.25, 0.3) is 0 Å². The van der Waals surface area contributed by atoms with E-state index >= 15 is 0 Å². The van der Waals surface area contributed by atoms with Crippen LogP contribution in [0, 0.1) is 10.2 Å². The molecule has 2 aliphatic rings. The number of fused-ring (bicyclic) bond motifs is 8. The molecule has 0 fully saturated rings. The summed E-state index contributed by atoms with van der Waals surface area (Å²) in [6, 6.07) is 28.8. The third-order valence-corrected chi connectivity index (χ3v) is 12.0. The predicted octanol–water partition coefficient (Wildman–Crippen LogP) is 11.1. The van der Waals surface area contributed by atoms with Crippen LogP contribution in [0.3, 0.4) is 0 Å². The van der Waals surface area contributed by atoms with E-state index < -0.39 is 10.2 Å². The zero-order valence-electron chi connectivity index (χ0n) is 30.7. The van der Waals surface area contributed by atoms with Crippen LogP contribution < -0.4 is 28.6 Å². The summed E-state index contributed by atoms with van der Waals surface area (Å²) in [5.74, 6) is 0. The van der Waals surface area contributed by atoms with Gasteiger partial charge in [-0.15, -0.1) is 32.3 Å². The van der Waals surface area contributed by atoms with Crippen molar-refractivity contribution in [3.8, 4) is 44.5 Å². The Hall–Kier alpha value is -3.55. The quantitative estimate of drug-likeness (QED) is 0.158. The number of aromatic nitrogens is 4. The fourth-order valence-corrected chi connectivity index (χ4v) is 9.40. The Labute approximate surface area is 406 Å². The first kappa shape index (κ1) is 46.4. The SMILES string of the molecule is Clc1cccc(Cl)c1-c1c2nc(c(-c3c(Cl)cccc3Cl)c3ccc([n-]3)c(-c3c(Cl)cccc3Cl)c3nc(c(-c4c(Cl)cccc4Cl)c4ccc1[n-]4)C=C3)C=C2.[Mn+3].[O-][Cl+3]([O-])([O-])[O-]. The fraction of sp³-hybridized carbons (Fsp3) is 0. The maximum atomic E-state index is 8.49. The Bertz CT molecular complexity index is 2680. The number of benzene rings is 4. The van der Waals surface area contributed by atoms with Crippen molar-refractivity contribution >= 4 is 139 Å². The van der Waals surface area contributed by atoms with Gasteiger partial charge in [-0.1, -0.05) is 141 Å². The van der Waals surface area contributed by atoms with E-state index in [0.29, 0.717) is 130 Å². The Morgan fingerprint density at radius 1 is 0.323 bits per heavy atom. The van der Waals surface area contributed by atoms with Crippen molar-refractivity contribution in [2.75, 3.05) is 0 Å². The summed E-state index contributed by atoms with van der Waals surface area (Å²) in [4.78, 5) is 20.8. The molecule has 0 N–H and O–H groups in total. The molecular weight excluding hydrogens is 1020 g/mol. The minimum Gasteiger partial charge on any atom is -0.657 e. The first-order valence-electron chi connectivity index (χ1n) is 17.5. The van der Waals surface area contributed by atoms with Crippen LogP contribution in [0.15, 0.2) is 97.1 Å². The molecular formula is C44H20Cl9MnN4O4. The second-order valence-electron chi connectivity index (χ2n) is 13.1. The maximum Gasteiger partial charge on any atom is 3.00 e. The molecule has 5 heterocycles. The molecule has 9 rings (SSSR count). The molecule has 0 amide bonds. The van der Waals surface area contributed by atoms with Crippen LogP contribution in [0.5, 0.6) is 0 Å². The zero-order valence-corrected chi connectivity index (χ0v) is 38.7. The molecule has 4 aromatic carbocycles. The summed E-state index contributed by atoms with van der Waals surface area (Å²) in [5, 5.41) is 3.32. The molecule has 7 aromatic rings. The van der Waals surface area contributed by atoms with E-state index in [-0.39, 0.29) is 17.1 Å². The van der Waals surface area contributed by atoms with Gasteiger partial charge in [0.2, 0.25) is 0 Å². The number of halogens is 9. The fourth-order valence-electron chi connectivity index (χ4n) is 7.06. The predicted molar refractivity (Wildman–Crippen MR) is 239 cm³/mol. The van der Waals surface area contributed by atoms with Gasteiger partial charge in [-0.25, -0.2) is 28.6 Å². The van der Waals surface area contributed by atoms with Gasteiger partial charge < -0.3 is 9.97 Å². The smallest absolute Gasteiger partial charge is 0.657 e. The van der Waals surface area contributed by atoms with E-state index in [1.807, 2.05) is 48.6 Å². The number of hydrogen-bond donors (Lipinski definition) is 0. The molecule has 0 saturated carbocycles. The number of nitrogens with zero attached hydrogens (tertiary/aromatic N) is 4. The van der Waals surface area contributed by atoms with Crippen molar-refractivity contribution in [1.29, 1.82) is 0 Å². The summed E-state index contributed by atoms with van der Waals surface area (Å²) >= 11 is 55.4. The molecule has 0 aliphatic carbocycles. The molecule has 0 saturated heterocycles. The average Bonchev–Trinajstić information content (AvgIpc) is 4.03. The second-order valence-corrected chi connectivity index (χ2v) is 17.1. The van der Waals surface area contributed by atoms with Crippen molar-refractivity contribution in [2.45, 2.75) is 0 Å². The van der Waals surface area contributed by atoms with Gasteiger partial charge in [-0.3, -0.25) is 0 Å². The zero-order chi connectivity index (χ0) is 43.3. The summed E-state index contributed by atoms with van der Waals surface area (Å²) < 4.78 is 34.0. The van der Waals surface area contributed by atoms with E-state index in [9.17, 15) is 0 Å². The monoisotopic (exact) mass is 1040 g/mol. The van der Waals surface area contributed by atoms with Crippen LogP contribution in [-0.2, 0) is 17.1 Å². The summed E-state index contributed by atoms with van der Waals surface area (Å²) in [5.41, 5.74) is 8.93. The number of hydrogen-bond acceptors (Lipinski definition) is 6. The van der Waals surface area contributed by atoms with Gasteiger partial charge >= 0.3 is 17.1 Å². The third kappa shape index (κ3) is 9.32. The molecule has 2 aliphatic heterocycles. The van der Waals surface area contributed by atoms with Crippen LogP contribution in [0.1, 0.15) is 22.8 Å². The van der Waals surface area contributed by atoms with E-state index in [1.54, 1.807) is 72.8 Å². The largest absolute Gasteiger partial charge is 3.00 e.